The summed E-state index contributed by atoms with van der Waals surface area (Å²) in [5.74, 6) is 1.99. The lowest BCUT2D eigenvalue weighted by atomic mass is 10.1. The maximum absolute atomic E-state index is 12.0. The van der Waals surface area contributed by atoms with Gasteiger partial charge in [-0.25, -0.2) is 4.99 Å². The first-order valence-corrected chi connectivity index (χ1v) is 11.1. The van der Waals surface area contributed by atoms with Gasteiger partial charge in [0.25, 0.3) is 0 Å². The largest absolute Gasteiger partial charge is 0.490 e. The van der Waals surface area contributed by atoms with E-state index >= 15 is 0 Å². The molecule has 7 heteroatoms. The molecule has 0 saturated carbocycles. The van der Waals surface area contributed by atoms with Crippen LogP contribution in [0.25, 0.3) is 0 Å². The Morgan fingerprint density at radius 2 is 1.72 bits per heavy atom. The molecule has 0 saturated heterocycles. The number of nitrogens with zero attached hydrogens (tertiary/aromatic N) is 2. The number of aliphatic imine (C=N–C) groups is 1. The van der Waals surface area contributed by atoms with Crippen LogP contribution in [0.4, 0.5) is 0 Å². The average Bonchev–Trinajstić information content (AvgIpc) is 2.79. The first-order valence-electron chi connectivity index (χ1n) is 11.1. The summed E-state index contributed by atoms with van der Waals surface area (Å²) in [5, 5.41) is 6.75. The number of carbonyl (C=O) groups is 1. The Bertz CT molecular complexity index is 869. The molecule has 2 rings (SSSR count). The van der Waals surface area contributed by atoms with Gasteiger partial charge < -0.3 is 25.0 Å². The minimum atomic E-state index is -0.0542. The minimum absolute atomic E-state index is 0.0534. The molecule has 0 aliphatic rings. The molecule has 2 aromatic rings. The van der Waals surface area contributed by atoms with E-state index in [-0.39, 0.29) is 18.5 Å². The van der Waals surface area contributed by atoms with Crippen molar-refractivity contribution in [2.45, 2.75) is 33.2 Å². The molecule has 0 heterocycles. The lowest BCUT2D eigenvalue weighted by Crippen LogP contribution is -2.40. The molecule has 1 amide bonds. The lowest BCUT2D eigenvalue weighted by Gasteiger charge is -2.20. The Balaban J connectivity index is 2.11. The number of nitrogens with one attached hydrogen (secondary N) is 2. The Kier molecular flexibility index (Phi) is 10.4. The van der Waals surface area contributed by atoms with Gasteiger partial charge in [0.05, 0.1) is 19.3 Å². The molecule has 7 nitrogen and oxygen atoms in total. The summed E-state index contributed by atoms with van der Waals surface area (Å²) in [6, 6.07) is 16.1. The zero-order valence-electron chi connectivity index (χ0n) is 19.9. The van der Waals surface area contributed by atoms with Crippen molar-refractivity contribution in [2.75, 3.05) is 40.4 Å². The van der Waals surface area contributed by atoms with Gasteiger partial charge in [-0.05, 0) is 50.5 Å². The number of hydrogen-bond acceptors (Lipinski definition) is 4. The standard InChI is InChI=1S/C25H36N4O3/c1-6-31-22-14-13-21(17-23(22)32-7-2)19(3)28-25(27-18-24(30)29(4)5)26-16-15-20-11-9-8-10-12-20/h8-14,17,19H,6-7,15-16,18H2,1-5H3,(H2,26,27,28). The molecule has 1 atom stereocenters. The molecule has 2 N–H and O–H groups in total. The molecule has 0 bridgehead atoms. The van der Waals surface area contributed by atoms with Crippen molar-refractivity contribution < 1.29 is 14.3 Å². The topological polar surface area (TPSA) is 75.2 Å². The number of benzene rings is 2. The summed E-state index contributed by atoms with van der Waals surface area (Å²) in [4.78, 5) is 18.1. The van der Waals surface area contributed by atoms with Crippen molar-refractivity contribution in [3.63, 3.8) is 0 Å². The highest BCUT2D eigenvalue weighted by Crippen LogP contribution is 2.30. The quantitative estimate of drug-likeness (QED) is 0.414. The van der Waals surface area contributed by atoms with Crippen LogP contribution in [-0.4, -0.2) is 57.2 Å². The summed E-state index contributed by atoms with van der Waals surface area (Å²) < 4.78 is 11.4. The second kappa shape index (κ2) is 13.2. The number of ether oxygens (including phenoxy) is 2. The van der Waals surface area contributed by atoms with Crippen LogP contribution >= 0.6 is 0 Å². The summed E-state index contributed by atoms with van der Waals surface area (Å²) >= 11 is 0. The third-order valence-corrected chi connectivity index (χ3v) is 4.84. The Morgan fingerprint density at radius 1 is 1.03 bits per heavy atom. The number of hydrogen-bond donors (Lipinski definition) is 2. The second-order valence-corrected chi connectivity index (χ2v) is 7.55. The number of rotatable bonds is 11. The van der Waals surface area contributed by atoms with E-state index in [1.54, 1.807) is 14.1 Å². The summed E-state index contributed by atoms with van der Waals surface area (Å²) in [6.45, 7) is 7.87. The molecule has 174 valence electrons. The van der Waals surface area contributed by atoms with Crippen LogP contribution in [-0.2, 0) is 11.2 Å². The third kappa shape index (κ3) is 8.13. The summed E-state index contributed by atoms with van der Waals surface area (Å²) in [6.07, 6.45) is 0.856. The van der Waals surface area contributed by atoms with E-state index in [0.717, 1.165) is 23.5 Å². The molecule has 32 heavy (non-hydrogen) atoms. The normalized spacial score (nSPS) is 12.1. The SMILES string of the molecule is CCOc1ccc(C(C)NC(=NCC(=O)N(C)C)NCCc2ccccc2)cc1OCC. The maximum atomic E-state index is 12.0. The van der Waals surface area contributed by atoms with Gasteiger partial charge >= 0.3 is 0 Å². The molecular weight excluding hydrogens is 404 g/mol. The van der Waals surface area contributed by atoms with Crippen molar-refractivity contribution >= 4 is 11.9 Å². The van der Waals surface area contributed by atoms with E-state index < -0.39 is 0 Å². The molecule has 1 unspecified atom stereocenters. The van der Waals surface area contributed by atoms with Crippen LogP contribution in [0.2, 0.25) is 0 Å². The van der Waals surface area contributed by atoms with Crippen molar-refractivity contribution in [1.29, 1.82) is 0 Å². The molecule has 2 aromatic carbocycles. The minimum Gasteiger partial charge on any atom is -0.490 e. The van der Waals surface area contributed by atoms with Gasteiger partial charge in [-0.15, -0.1) is 0 Å². The van der Waals surface area contributed by atoms with Crippen LogP contribution in [0.5, 0.6) is 11.5 Å². The van der Waals surface area contributed by atoms with Gasteiger partial charge in [-0.2, -0.15) is 0 Å². The van der Waals surface area contributed by atoms with E-state index in [2.05, 4.69) is 27.8 Å². The zero-order valence-corrected chi connectivity index (χ0v) is 19.9. The average molecular weight is 441 g/mol. The molecule has 0 aromatic heterocycles. The maximum Gasteiger partial charge on any atom is 0.243 e. The fourth-order valence-corrected chi connectivity index (χ4v) is 3.04. The Labute approximate surface area is 191 Å². The van der Waals surface area contributed by atoms with Crippen molar-refractivity contribution in [3.05, 3.63) is 59.7 Å². The highest BCUT2D eigenvalue weighted by atomic mass is 16.5. The van der Waals surface area contributed by atoms with E-state index in [0.29, 0.717) is 25.7 Å². The van der Waals surface area contributed by atoms with Gasteiger partial charge in [-0.3, -0.25) is 4.79 Å². The van der Waals surface area contributed by atoms with Crippen LogP contribution in [0, 0.1) is 0 Å². The fourth-order valence-electron chi connectivity index (χ4n) is 3.04. The first kappa shape index (κ1) is 25.0. The lowest BCUT2D eigenvalue weighted by molar-refractivity contribution is -0.127. The van der Waals surface area contributed by atoms with Gasteiger partial charge in [0.2, 0.25) is 5.91 Å². The summed E-state index contributed by atoms with van der Waals surface area (Å²) in [5.41, 5.74) is 2.28. The zero-order chi connectivity index (χ0) is 23.3. The Morgan fingerprint density at radius 3 is 2.38 bits per heavy atom. The van der Waals surface area contributed by atoms with Gasteiger partial charge in [0.1, 0.15) is 6.54 Å². The highest BCUT2D eigenvalue weighted by molar-refractivity contribution is 5.85. The summed E-state index contributed by atoms with van der Waals surface area (Å²) in [7, 11) is 3.46. The number of amides is 1. The van der Waals surface area contributed by atoms with E-state index in [9.17, 15) is 4.79 Å². The predicted molar refractivity (Wildman–Crippen MR) is 129 cm³/mol. The van der Waals surface area contributed by atoms with Crippen molar-refractivity contribution in [1.82, 2.24) is 15.5 Å². The van der Waals surface area contributed by atoms with E-state index in [4.69, 9.17) is 9.47 Å². The predicted octanol–water partition coefficient (Wildman–Crippen LogP) is 3.41. The number of likely N-dealkylation sites (N-methyl/N-ethyl adjacent to an activating group) is 1. The van der Waals surface area contributed by atoms with Crippen LogP contribution in [0.3, 0.4) is 0 Å². The molecule has 0 spiro atoms. The van der Waals surface area contributed by atoms with Crippen molar-refractivity contribution in [2.24, 2.45) is 4.99 Å². The van der Waals surface area contributed by atoms with Gasteiger partial charge in [0.15, 0.2) is 17.5 Å². The second-order valence-electron chi connectivity index (χ2n) is 7.55. The number of guanidine groups is 1. The molecule has 0 aliphatic heterocycles. The van der Waals surface area contributed by atoms with Gasteiger partial charge in [0, 0.05) is 20.6 Å². The van der Waals surface area contributed by atoms with E-state index in [1.807, 2.05) is 57.2 Å². The fraction of sp³-hybridized carbons (Fsp3) is 0.440. The van der Waals surface area contributed by atoms with Crippen molar-refractivity contribution in [3.8, 4) is 11.5 Å². The molecule has 0 aliphatic carbocycles. The third-order valence-electron chi connectivity index (χ3n) is 4.84. The monoisotopic (exact) mass is 440 g/mol. The Hall–Kier alpha value is -3.22. The number of carbonyl (C=O) groups excluding carboxylic acids is 1. The van der Waals surface area contributed by atoms with Crippen LogP contribution in [0.1, 0.15) is 37.9 Å². The molecule has 0 radical (unpaired) electrons. The van der Waals surface area contributed by atoms with Crippen LogP contribution < -0.4 is 20.1 Å². The highest BCUT2D eigenvalue weighted by Gasteiger charge is 2.13. The first-order chi connectivity index (χ1) is 15.4. The van der Waals surface area contributed by atoms with E-state index in [1.165, 1.54) is 10.5 Å². The molecule has 0 fully saturated rings. The molecular formula is C25H36N4O3. The van der Waals surface area contributed by atoms with Crippen LogP contribution in [0.15, 0.2) is 53.5 Å². The smallest absolute Gasteiger partial charge is 0.243 e. The van der Waals surface area contributed by atoms with Gasteiger partial charge in [-0.1, -0.05) is 36.4 Å².